The lowest BCUT2D eigenvalue weighted by molar-refractivity contribution is 0.102. The third-order valence-electron chi connectivity index (χ3n) is 3.36. The van der Waals surface area contributed by atoms with Crippen molar-refractivity contribution in [2.75, 3.05) is 24.8 Å². The third kappa shape index (κ3) is 3.34. The summed E-state index contributed by atoms with van der Waals surface area (Å²) in [5.74, 6) is 0.502. The van der Waals surface area contributed by atoms with Crippen molar-refractivity contribution in [2.45, 2.75) is 13.8 Å². The quantitative estimate of drug-likeness (QED) is 0.901. The Morgan fingerprint density at radius 2 is 1.81 bits per heavy atom. The van der Waals surface area contributed by atoms with E-state index in [0.29, 0.717) is 17.0 Å². The topological polar surface area (TPSA) is 50.4 Å². The maximum Gasteiger partial charge on any atom is 0.255 e. The lowest BCUT2D eigenvalue weighted by Gasteiger charge is -2.12. The number of rotatable bonds is 4. The average Bonchev–Trinajstić information content (AvgIpc) is 2.47. The first-order valence-electron chi connectivity index (χ1n) is 6.79. The van der Waals surface area contributed by atoms with Crippen molar-refractivity contribution in [3.63, 3.8) is 0 Å². The van der Waals surface area contributed by atoms with Crippen LogP contribution in [-0.2, 0) is 0 Å². The molecule has 2 aromatic carbocycles. The van der Waals surface area contributed by atoms with Crippen molar-refractivity contribution >= 4 is 17.3 Å². The second-order valence-electron chi connectivity index (χ2n) is 4.94. The van der Waals surface area contributed by atoms with Gasteiger partial charge in [0.1, 0.15) is 5.75 Å². The van der Waals surface area contributed by atoms with Gasteiger partial charge in [-0.25, -0.2) is 0 Å². The Balaban J connectivity index is 2.26. The van der Waals surface area contributed by atoms with Crippen LogP contribution >= 0.6 is 0 Å². The van der Waals surface area contributed by atoms with Crippen LogP contribution in [0.1, 0.15) is 21.5 Å². The number of amides is 1. The van der Waals surface area contributed by atoms with E-state index in [1.165, 1.54) is 0 Å². The lowest BCUT2D eigenvalue weighted by Crippen LogP contribution is -2.13. The van der Waals surface area contributed by atoms with Gasteiger partial charge >= 0.3 is 0 Å². The summed E-state index contributed by atoms with van der Waals surface area (Å²) in [5, 5.41) is 5.98. The Bertz CT molecular complexity index is 666. The molecule has 0 saturated heterocycles. The van der Waals surface area contributed by atoms with Crippen molar-refractivity contribution in [3.8, 4) is 5.75 Å². The Hall–Kier alpha value is -2.49. The molecule has 110 valence electrons. The minimum atomic E-state index is -0.148. The van der Waals surface area contributed by atoms with Gasteiger partial charge in [-0.05, 0) is 55.3 Å². The molecule has 0 fully saturated rings. The number of carbonyl (C=O) groups is 1. The molecule has 21 heavy (non-hydrogen) atoms. The van der Waals surface area contributed by atoms with Gasteiger partial charge in [0, 0.05) is 18.3 Å². The lowest BCUT2D eigenvalue weighted by atomic mass is 10.1. The van der Waals surface area contributed by atoms with Gasteiger partial charge in [-0.2, -0.15) is 0 Å². The molecule has 0 bridgehead atoms. The standard InChI is InChI=1S/C17H20N2O2/c1-11-5-8-16(21-4)15(9-11)19-17(20)13-6-7-14(18-3)12(2)10-13/h5-10,18H,1-4H3,(H,19,20). The highest BCUT2D eigenvalue weighted by molar-refractivity contribution is 6.05. The number of hydrogen-bond acceptors (Lipinski definition) is 3. The summed E-state index contributed by atoms with van der Waals surface area (Å²) in [5.41, 5.74) is 4.40. The third-order valence-corrected chi connectivity index (χ3v) is 3.36. The normalized spacial score (nSPS) is 10.1. The molecule has 2 N–H and O–H groups in total. The van der Waals surface area contributed by atoms with Crippen molar-refractivity contribution < 1.29 is 9.53 Å². The molecule has 0 aliphatic carbocycles. The molecule has 0 heterocycles. The van der Waals surface area contributed by atoms with Gasteiger partial charge in [-0.1, -0.05) is 6.07 Å². The maximum atomic E-state index is 12.4. The number of aryl methyl sites for hydroxylation is 2. The first-order chi connectivity index (χ1) is 10.0. The highest BCUT2D eigenvalue weighted by atomic mass is 16.5. The van der Waals surface area contributed by atoms with Gasteiger partial charge in [0.2, 0.25) is 0 Å². The van der Waals surface area contributed by atoms with E-state index in [4.69, 9.17) is 4.74 Å². The van der Waals surface area contributed by atoms with Gasteiger partial charge in [0.15, 0.2) is 0 Å². The van der Waals surface area contributed by atoms with Gasteiger partial charge in [-0.15, -0.1) is 0 Å². The number of methoxy groups -OCH3 is 1. The summed E-state index contributed by atoms with van der Waals surface area (Å²) in [4.78, 5) is 12.4. The van der Waals surface area contributed by atoms with Crippen LogP contribution in [0.3, 0.4) is 0 Å². The Morgan fingerprint density at radius 3 is 2.43 bits per heavy atom. The monoisotopic (exact) mass is 284 g/mol. The molecule has 2 aromatic rings. The number of anilines is 2. The van der Waals surface area contributed by atoms with Crippen molar-refractivity contribution in [2.24, 2.45) is 0 Å². The minimum absolute atomic E-state index is 0.148. The maximum absolute atomic E-state index is 12.4. The Kier molecular flexibility index (Phi) is 4.48. The summed E-state index contributed by atoms with van der Waals surface area (Å²) < 4.78 is 5.27. The molecular weight excluding hydrogens is 264 g/mol. The van der Waals surface area contributed by atoms with E-state index in [0.717, 1.165) is 16.8 Å². The molecule has 0 aromatic heterocycles. The summed E-state index contributed by atoms with van der Waals surface area (Å²) in [6, 6.07) is 11.3. The summed E-state index contributed by atoms with van der Waals surface area (Å²) in [6.45, 7) is 3.94. The second kappa shape index (κ2) is 6.31. The van der Waals surface area contributed by atoms with Crippen LogP contribution in [0, 0.1) is 13.8 Å². The molecule has 4 heteroatoms. The highest BCUT2D eigenvalue weighted by Crippen LogP contribution is 2.26. The molecule has 1 amide bonds. The zero-order valence-electron chi connectivity index (χ0n) is 12.8. The number of nitrogens with one attached hydrogen (secondary N) is 2. The van der Waals surface area contributed by atoms with E-state index in [9.17, 15) is 4.79 Å². The van der Waals surface area contributed by atoms with E-state index in [2.05, 4.69) is 10.6 Å². The van der Waals surface area contributed by atoms with Crippen LogP contribution in [0.4, 0.5) is 11.4 Å². The fourth-order valence-corrected chi connectivity index (χ4v) is 2.20. The number of benzene rings is 2. The van der Waals surface area contributed by atoms with Crippen LogP contribution in [0.2, 0.25) is 0 Å². The average molecular weight is 284 g/mol. The second-order valence-corrected chi connectivity index (χ2v) is 4.94. The van der Waals surface area contributed by atoms with Gasteiger partial charge < -0.3 is 15.4 Å². The Morgan fingerprint density at radius 1 is 1.05 bits per heavy atom. The van der Waals surface area contributed by atoms with Crippen molar-refractivity contribution in [1.82, 2.24) is 0 Å². The molecule has 0 spiro atoms. The molecule has 0 aliphatic rings. The highest BCUT2D eigenvalue weighted by Gasteiger charge is 2.11. The smallest absolute Gasteiger partial charge is 0.255 e. The van der Waals surface area contributed by atoms with E-state index in [-0.39, 0.29) is 5.91 Å². The zero-order chi connectivity index (χ0) is 15.4. The van der Waals surface area contributed by atoms with Crippen LogP contribution in [-0.4, -0.2) is 20.1 Å². The predicted octanol–water partition coefficient (Wildman–Crippen LogP) is 3.61. The van der Waals surface area contributed by atoms with Crippen LogP contribution in [0.15, 0.2) is 36.4 Å². The van der Waals surface area contributed by atoms with E-state index >= 15 is 0 Å². The van der Waals surface area contributed by atoms with Crippen molar-refractivity contribution in [1.29, 1.82) is 0 Å². The van der Waals surface area contributed by atoms with E-state index in [1.807, 2.05) is 51.2 Å². The fraction of sp³-hybridized carbons (Fsp3) is 0.235. The number of ether oxygens (including phenoxy) is 1. The SMILES string of the molecule is CNc1ccc(C(=O)Nc2cc(C)ccc2OC)cc1C. The van der Waals surface area contributed by atoms with E-state index < -0.39 is 0 Å². The molecule has 2 rings (SSSR count). The molecule has 4 nitrogen and oxygen atoms in total. The molecule has 0 radical (unpaired) electrons. The van der Waals surface area contributed by atoms with E-state index in [1.54, 1.807) is 13.2 Å². The van der Waals surface area contributed by atoms with Crippen LogP contribution < -0.4 is 15.4 Å². The number of carbonyl (C=O) groups excluding carboxylic acids is 1. The summed E-state index contributed by atoms with van der Waals surface area (Å²) in [6.07, 6.45) is 0. The van der Waals surface area contributed by atoms with Gasteiger partial charge in [0.05, 0.1) is 12.8 Å². The number of hydrogen-bond donors (Lipinski definition) is 2. The van der Waals surface area contributed by atoms with Crippen LogP contribution in [0.25, 0.3) is 0 Å². The first-order valence-corrected chi connectivity index (χ1v) is 6.79. The molecule has 0 saturated carbocycles. The fourth-order valence-electron chi connectivity index (χ4n) is 2.20. The zero-order valence-corrected chi connectivity index (χ0v) is 12.8. The molecule has 0 aliphatic heterocycles. The van der Waals surface area contributed by atoms with Gasteiger partial charge in [-0.3, -0.25) is 4.79 Å². The van der Waals surface area contributed by atoms with Crippen molar-refractivity contribution in [3.05, 3.63) is 53.1 Å². The van der Waals surface area contributed by atoms with Gasteiger partial charge in [0.25, 0.3) is 5.91 Å². The summed E-state index contributed by atoms with van der Waals surface area (Å²) in [7, 11) is 3.45. The first kappa shape index (κ1) is 14.9. The summed E-state index contributed by atoms with van der Waals surface area (Å²) >= 11 is 0. The molecule has 0 atom stereocenters. The van der Waals surface area contributed by atoms with Crippen LogP contribution in [0.5, 0.6) is 5.75 Å². The predicted molar refractivity (Wildman–Crippen MR) is 86.4 cm³/mol. The molecular formula is C17H20N2O2. The minimum Gasteiger partial charge on any atom is -0.495 e. The Labute approximate surface area is 125 Å². The molecule has 0 unspecified atom stereocenters. The largest absolute Gasteiger partial charge is 0.495 e.